The number of furan rings is 1. The number of hydrogen-bond donors (Lipinski definition) is 2. The van der Waals surface area contributed by atoms with E-state index in [0.717, 1.165) is 24.9 Å². The summed E-state index contributed by atoms with van der Waals surface area (Å²) in [6.07, 6.45) is 6.04. The minimum Gasteiger partial charge on any atom is -0.459 e. The fourth-order valence-corrected chi connectivity index (χ4v) is 3.97. The number of aryl methyl sites for hydroxylation is 1. The molecule has 27 heavy (non-hydrogen) atoms. The summed E-state index contributed by atoms with van der Waals surface area (Å²) in [4.78, 5) is 28.7. The fraction of sp³-hybridized carbons (Fsp3) is 0.250. The molecule has 4 rings (SSSR count). The van der Waals surface area contributed by atoms with Crippen LogP contribution in [-0.2, 0) is 24.1 Å². The van der Waals surface area contributed by atoms with E-state index < -0.39 is 0 Å². The van der Waals surface area contributed by atoms with Gasteiger partial charge in [0, 0.05) is 11.1 Å². The number of nitrogens with one attached hydrogen (secondary N) is 2. The molecule has 1 aliphatic rings. The molecule has 0 spiro atoms. The Kier molecular flexibility index (Phi) is 5.02. The Morgan fingerprint density at radius 1 is 1.11 bits per heavy atom. The first kappa shape index (κ1) is 17.5. The molecule has 0 bridgehead atoms. The van der Waals surface area contributed by atoms with E-state index in [9.17, 15) is 9.59 Å². The van der Waals surface area contributed by atoms with E-state index in [2.05, 4.69) is 21.7 Å². The lowest BCUT2D eigenvalue weighted by Gasteiger charge is -2.19. The molecule has 7 heteroatoms. The Labute approximate surface area is 160 Å². The normalized spacial score (nSPS) is 13.0. The quantitative estimate of drug-likeness (QED) is 0.698. The Hall–Kier alpha value is -2.93. The van der Waals surface area contributed by atoms with Crippen LogP contribution in [0.15, 0.2) is 46.4 Å². The van der Waals surface area contributed by atoms with Gasteiger partial charge in [-0.3, -0.25) is 14.9 Å². The summed E-state index contributed by atoms with van der Waals surface area (Å²) in [5.41, 5.74) is 4.10. The van der Waals surface area contributed by atoms with E-state index >= 15 is 0 Å². The number of nitrogens with zero attached hydrogens (tertiary/aromatic N) is 1. The van der Waals surface area contributed by atoms with E-state index in [4.69, 9.17) is 4.42 Å². The van der Waals surface area contributed by atoms with Crippen LogP contribution in [0.5, 0.6) is 0 Å². The molecular weight excluding hydrogens is 362 g/mol. The molecule has 0 aliphatic heterocycles. The van der Waals surface area contributed by atoms with Gasteiger partial charge in [-0.1, -0.05) is 12.1 Å². The van der Waals surface area contributed by atoms with Crippen LogP contribution in [-0.4, -0.2) is 16.8 Å². The predicted molar refractivity (Wildman–Crippen MR) is 104 cm³/mol. The van der Waals surface area contributed by atoms with Gasteiger partial charge in [0.05, 0.1) is 18.4 Å². The first-order valence-electron chi connectivity index (χ1n) is 8.89. The van der Waals surface area contributed by atoms with Gasteiger partial charge in [-0.15, -0.1) is 11.3 Å². The molecule has 0 fully saturated rings. The molecule has 0 radical (unpaired) electrons. The highest BCUT2D eigenvalue weighted by molar-refractivity contribution is 7.14. The van der Waals surface area contributed by atoms with Crippen LogP contribution in [0.3, 0.4) is 0 Å². The van der Waals surface area contributed by atoms with E-state index in [1.807, 2.05) is 12.1 Å². The highest BCUT2D eigenvalue weighted by atomic mass is 32.1. The smallest absolute Gasteiger partial charge is 0.293 e. The zero-order valence-electron chi connectivity index (χ0n) is 14.7. The first-order valence-corrected chi connectivity index (χ1v) is 9.77. The molecular formula is C20H19N3O3S. The maximum atomic E-state index is 12.4. The second-order valence-electron chi connectivity index (χ2n) is 6.45. The monoisotopic (exact) mass is 381 g/mol. The Bertz CT molecular complexity index is 963. The molecule has 0 atom stereocenters. The minimum absolute atomic E-state index is 0.108. The summed E-state index contributed by atoms with van der Waals surface area (Å²) in [6, 6.07) is 9.31. The van der Waals surface area contributed by atoms with Crippen molar-refractivity contribution in [2.75, 3.05) is 10.6 Å². The second kappa shape index (κ2) is 7.75. The number of fused-ring (bicyclic) bond motifs is 1. The highest BCUT2D eigenvalue weighted by Gasteiger charge is 2.16. The topological polar surface area (TPSA) is 84.2 Å². The van der Waals surface area contributed by atoms with Crippen molar-refractivity contribution in [3.63, 3.8) is 0 Å². The van der Waals surface area contributed by atoms with Crippen molar-refractivity contribution in [1.29, 1.82) is 0 Å². The van der Waals surface area contributed by atoms with Crippen LogP contribution in [0.25, 0.3) is 0 Å². The van der Waals surface area contributed by atoms with Crippen LogP contribution >= 0.6 is 11.3 Å². The molecule has 2 N–H and O–H groups in total. The Morgan fingerprint density at radius 2 is 2.00 bits per heavy atom. The molecule has 3 aromatic rings. The van der Waals surface area contributed by atoms with E-state index in [0.29, 0.717) is 10.8 Å². The average molecular weight is 381 g/mol. The first-order chi connectivity index (χ1) is 13.2. The fourth-order valence-electron chi connectivity index (χ4n) is 3.27. The number of benzene rings is 1. The third-order valence-electron chi connectivity index (χ3n) is 4.53. The van der Waals surface area contributed by atoms with Crippen molar-refractivity contribution >= 4 is 34.0 Å². The summed E-state index contributed by atoms with van der Waals surface area (Å²) < 4.78 is 5.05. The van der Waals surface area contributed by atoms with Crippen molar-refractivity contribution in [1.82, 2.24) is 4.98 Å². The number of aromatic nitrogens is 1. The van der Waals surface area contributed by atoms with Crippen molar-refractivity contribution in [3.8, 4) is 0 Å². The lowest BCUT2D eigenvalue weighted by molar-refractivity contribution is -0.115. The molecule has 0 saturated heterocycles. The largest absolute Gasteiger partial charge is 0.459 e. The Balaban J connectivity index is 1.38. The summed E-state index contributed by atoms with van der Waals surface area (Å²) in [5, 5.41) is 7.90. The maximum absolute atomic E-state index is 12.4. The number of thiazole rings is 1. The van der Waals surface area contributed by atoms with Gasteiger partial charge < -0.3 is 9.73 Å². The summed E-state index contributed by atoms with van der Waals surface area (Å²) in [7, 11) is 0. The summed E-state index contributed by atoms with van der Waals surface area (Å²) in [6.45, 7) is 0. The average Bonchev–Trinajstić information content (AvgIpc) is 3.34. The lowest BCUT2D eigenvalue weighted by atomic mass is 9.90. The number of amides is 2. The van der Waals surface area contributed by atoms with Gasteiger partial charge in [-0.2, -0.15) is 0 Å². The van der Waals surface area contributed by atoms with Crippen LogP contribution in [0.2, 0.25) is 0 Å². The number of rotatable bonds is 5. The summed E-state index contributed by atoms with van der Waals surface area (Å²) in [5.74, 6) is -0.247. The third-order valence-corrected chi connectivity index (χ3v) is 5.34. The zero-order valence-corrected chi connectivity index (χ0v) is 15.5. The molecule has 6 nitrogen and oxygen atoms in total. The molecule has 0 saturated carbocycles. The minimum atomic E-state index is -0.360. The van der Waals surface area contributed by atoms with Gasteiger partial charge in [0.25, 0.3) is 5.91 Å². The predicted octanol–water partition coefficient (Wildman–Crippen LogP) is 4.05. The Morgan fingerprint density at radius 3 is 2.85 bits per heavy atom. The molecule has 138 valence electrons. The molecule has 1 aliphatic carbocycles. The molecule has 2 amide bonds. The van der Waals surface area contributed by atoms with E-state index in [1.54, 1.807) is 17.5 Å². The lowest BCUT2D eigenvalue weighted by Crippen LogP contribution is -2.17. The zero-order chi connectivity index (χ0) is 18.6. The van der Waals surface area contributed by atoms with Crippen LogP contribution in [0, 0.1) is 0 Å². The SMILES string of the molecule is O=C(Cc1csc(NC(=O)c2ccco2)n1)Nc1cccc2c1CCCC2. The number of hydrogen-bond acceptors (Lipinski definition) is 5. The van der Waals surface area contributed by atoms with Gasteiger partial charge >= 0.3 is 0 Å². The standard InChI is InChI=1S/C20H19N3O3S/c24-18(22-16-8-3-6-13-5-1-2-7-15(13)16)11-14-12-27-20(21-14)23-19(25)17-9-4-10-26-17/h3-4,6,8-10,12H,1-2,5,7,11H2,(H,22,24)(H,21,23,25). The number of carbonyl (C=O) groups is 2. The molecule has 2 heterocycles. The number of anilines is 2. The molecule has 0 unspecified atom stereocenters. The van der Waals surface area contributed by atoms with Crippen LogP contribution in [0.4, 0.5) is 10.8 Å². The van der Waals surface area contributed by atoms with Crippen molar-refractivity contribution in [2.24, 2.45) is 0 Å². The van der Waals surface area contributed by atoms with E-state index in [1.165, 1.54) is 35.1 Å². The number of carbonyl (C=O) groups excluding carboxylic acids is 2. The maximum Gasteiger partial charge on any atom is 0.293 e. The molecule has 1 aromatic carbocycles. The van der Waals surface area contributed by atoms with Gasteiger partial charge in [-0.05, 0) is 55.0 Å². The van der Waals surface area contributed by atoms with E-state index in [-0.39, 0.29) is 24.0 Å². The van der Waals surface area contributed by atoms with Crippen LogP contribution in [0.1, 0.15) is 40.2 Å². The summed E-state index contributed by atoms with van der Waals surface area (Å²) >= 11 is 1.28. The van der Waals surface area contributed by atoms with Gasteiger partial charge in [-0.25, -0.2) is 4.98 Å². The molecule has 2 aromatic heterocycles. The van der Waals surface area contributed by atoms with Gasteiger partial charge in [0.2, 0.25) is 5.91 Å². The third kappa shape index (κ3) is 4.09. The van der Waals surface area contributed by atoms with Crippen molar-refractivity contribution < 1.29 is 14.0 Å². The van der Waals surface area contributed by atoms with Gasteiger partial charge in [0.1, 0.15) is 0 Å². The van der Waals surface area contributed by atoms with Gasteiger partial charge in [0.15, 0.2) is 10.9 Å². The van der Waals surface area contributed by atoms with Crippen molar-refractivity contribution in [3.05, 3.63) is 64.6 Å². The highest BCUT2D eigenvalue weighted by Crippen LogP contribution is 2.28. The van der Waals surface area contributed by atoms with Crippen LogP contribution < -0.4 is 10.6 Å². The second-order valence-corrected chi connectivity index (χ2v) is 7.31. The van der Waals surface area contributed by atoms with Crippen molar-refractivity contribution in [2.45, 2.75) is 32.1 Å².